The lowest BCUT2D eigenvalue weighted by Crippen LogP contribution is -2.19. The molecule has 1 atom stereocenters. The van der Waals surface area contributed by atoms with E-state index < -0.39 is 12.1 Å². The van der Waals surface area contributed by atoms with E-state index >= 15 is 0 Å². The van der Waals surface area contributed by atoms with Crippen molar-refractivity contribution in [2.45, 2.75) is 45.6 Å². The van der Waals surface area contributed by atoms with Crippen LogP contribution in [0.25, 0.3) is 11.1 Å². The van der Waals surface area contributed by atoms with Gasteiger partial charge in [-0.2, -0.15) is 0 Å². The van der Waals surface area contributed by atoms with Gasteiger partial charge in [0.15, 0.2) is 0 Å². The number of rotatable bonds is 14. The van der Waals surface area contributed by atoms with Crippen molar-refractivity contribution in [2.75, 3.05) is 13.2 Å². The van der Waals surface area contributed by atoms with E-state index in [1.54, 1.807) is 54.6 Å². The van der Waals surface area contributed by atoms with Gasteiger partial charge in [-0.15, -0.1) is 0 Å². The molecule has 0 aromatic heterocycles. The van der Waals surface area contributed by atoms with Crippen molar-refractivity contribution in [3.8, 4) is 34.1 Å². The lowest BCUT2D eigenvalue weighted by atomic mass is 10.00. The number of halogens is 1. The highest BCUT2D eigenvalue weighted by Gasteiger charge is 2.24. The maximum Gasteiger partial charge on any atom is 0.349 e. The van der Waals surface area contributed by atoms with Crippen LogP contribution in [0.2, 0.25) is 0 Å². The molecule has 214 valence electrons. The van der Waals surface area contributed by atoms with Crippen LogP contribution in [0.3, 0.4) is 0 Å². The third-order valence-corrected chi connectivity index (χ3v) is 6.68. The summed E-state index contributed by atoms with van der Waals surface area (Å²) < 4.78 is 31.4. The van der Waals surface area contributed by atoms with Crippen molar-refractivity contribution in [1.29, 1.82) is 0 Å². The molecule has 0 bridgehead atoms. The molecule has 7 heteroatoms. The quantitative estimate of drug-likeness (QED) is 0.154. The van der Waals surface area contributed by atoms with Crippen LogP contribution >= 0.6 is 0 Å². The number of carboxylic acids is 1. The minimum absolute atomic E-state index is 0.0660. The molecule has 0 aliphatic heterocycles. The first kappa shape index (κ1) is 29.5. The van der Waals surface area contributed by atoms with Crippen LogP contribution in [0.5, 0.6) is 23.0 Å². The Bertz CT molecular complexity index is 1440. The summed E-state index contributed by atoms with van der Waals surface area (Å²) in [5.41, 5.74) is 3.68. The zero-order valence-corrected chi connectivity index (χ0v) is 23.3. The number of carboxylic acid groups (broad SMARTS) is 1. The molecule has 0 fully saturated rings. The minimum Gasteiger partial charge on any atom is -0.507 e. The lowest BCUT2D eigenvalue weighted by Gasteiger charge is -2.20. The first-order valence-electron chi connectivity index (χ1n) is 13.8. The Kier molecular flexibility index (Phi) is 10.2. The molecule has 41 heavy (non-hydrogen) atoms. The third-order valence-electron chi connectivity index (χ3n) is 6.68. The van der Waals surface area contributed by atoms with Crippen molar-refractivity contribution >= 4 is 5.97 Å². The summed E-state index contributed by atoms with van der Waals surface area (Å²) in [5, 5.41) is 20.4. The monoisotopic (exact) mass is 558 g/mol. The molecule has 4 aromatic rings. The van der Waals surface area contributed by atoms with E-state index in [-0.39, 0.29) is 11.6 Å². The Balaban J connectivity index is 1.40. The van der Waals surface area contributed by atoms with Crippen LogP contribution in [0.4, 0.5) is 4.39 Å². The second kappa shape index (κ2) is 14.2. The Morgan fingerprint density at radius 1 is 0.854 bits per heavy atom. The molecule has 2 N–H and O–H groups in total. The fourth-order valence-electron chi connectivity index (χ4n) is 4.61. The second-order valence-corrected chi connectivity index (χ2v) is 9.62. The van der Waals surface area contributed by atoms with Gasteiger partial charge in [-0.1, -0.05) is 68.8 Å². The Hall–Kier alpha value is -4.52. The van der Waals surface area contributed by atoms with Gasteiger partial charge < -0.3 is 24.4 Å². The summed E-state index contributed by atoms with van der Waals surface area (Å²) >= 11 is 0. The Morgan fingerprint density at radius 3 is 2.20 bits per heavy atom. The van der Waals surface area contributed by atoms with Crippen molar-refractivity contribution < 1.29 is 33.6 Å². The summed E-state index contributed by atoms with van der Waals surface area (Å²) in [4.78, 5) is 12.0. The third kappa shape index (κ3) is 7.57. The number of hydrogen-bond acceptors (Lipinski definition) is 5. The van der Waals surface area contributed by atoms with Crippen molar-refractivity contribution in [3.63, 3.8) is 0 Å². The van der Waals surface area contributed by atoms with Gasteiger partial charge in [0, 0.05) is 29.2 Å². The van der Waals surface area contributed by atoms with E-state index in [4.69, 9.17) is 14.2 Å². The van der Waals surface area contributed by atoms with Crippen LogP contribution < -0.4 is 14.2 Å². The van der Waals surface area contributed by atoms with Gasteiger partial charge in [-0.05, 0) is 54.3 Å². The van der Waals surface area contributed by atoms with E-state index in [1.165, 1.54) is 12.1 Å². The smallest absolute Gasteiger partial charge is 0.349 e. The summed E-state index contributed by atoms with van der Waals surface area (Å²) in [6, 6.07) is 23.8. The summed E-state index contributed by atoms with van der Waals surface area (Å²) in [6.45, 7) is 4.80. The number of aliphatic carboxylic acids is 1. The number of benzene rings is 4. The molecule has 0 saturated carbocycles. The SMILES string of the molecule is CCCc1c(OCCCOc2cc(O)c(-c3ccc(F)cc3)cc2CC)cccc1OC(C(=O)O)c1ccccc1. The minimum atomic E-state index is -1.13. The van der Waals surface area contributed by atoms with Gasteiger partial charge in [0.05, 0.1) is 13.2 Å². The fraction of sp³-hybridized carbons (Fsp3) is 0.265. The van der Waals surface area contributed by atoms with Gasteiger partial charge in [0.1, 0.15) is 28.8 Å². The standard InChI is InChI=1S/C34H35FO6/c1-3-10-27-30(13-8-14-31(27)41-33(34(37)38)25-11-6-5-7-12-25)39-19-9-20-40-32-22-29(36)28(21-23(32)4-2)24-15-17-26(35)18-16-24/h5-8,11-18,21-22,33,36H,3-4,9-10,19-20H2,1-2H3,(H,37,38). The molecule has 0 aliphatic carbocycles. The molecule has 4 aromatic carbocycles. The zero-order chi connectivity index (χ0) is 29.2. The molecular weight excluding hydrogens is 523 g/mol. The molecule has 4 rings (SSSR count). The number of hydrogen-bond donors (Lipinski definition) is 2. The average Bonchev–Trinajstić information content (AvgIpc) is 2.98. The molecule has 0 heterocycles. The maximum absolute atomic E-state index is 13.3. The van der Waals surface area contributed by atoms with Crippen LogP contribution in [-0.2, 0) is 17.6 Å². The molecular formula is C34H35FO6. The maximum atomic E-state index is 13.3. The van der Waals surface area contributed by atoms with Gasteiger partial charge in [-0.3, -0.25) is 0 Å². The topological polar surface area (TPSA) is 85.2 Å². The van der Waals surface area contributed by atoms with Gasteiger partial charge in [0.25, 0.3) is 0 Å². The number of phenolic OH excluding ortho intramolecular Hbond substituents is 1. The molecule has 6 nitrogen and oxygen atoms in total. The highest BCUT2D eigenvalue weighted by atomic mass is 19.1. The summed E-state index contributed by atoms with van der Waals surface area (Å²) in [5.74, 6) is 0.405. The van der Waals surface area contributed by atoms with Crippen molar-refractivity contribution in [3.05, 3.63) is 107 Å². The highest BCUT2D eigenvalue weighted by Crippen LogP contribution is 2.36. The largest absolute Gasteiger partial charge is 0.507 e. The van der Waals surface area contributed by atoms with E-state index in [0.29, 0.717) is 60.9 Å². The van der Waals surface area contributed by atoms with Crippen molar-refractivity contribution in [1.82, 2.24) is 0 Å². The predicted octanol–water partition coefficient (Wildman–Crippen LogP) is 7.77. The van der Waals surface area contributed by atoms with E-state index in [0.717, 1.165) is 23.1 Å². The normalized spacial score (nSPS) is 11.6. The molecule has 0 spiro atoms. The van der Waals surface area contributed by atoms with Crippen LogP contribution in [0, 0.1) is 5.82 Å². The van der Waals surface area contributed by atoms with Crippen molar-refractivity contribution in [2.24, 2.45) is 0 Å². The zero-order valence-electron chi connectivity index (χ0n) is 23.3. The van der Waals surface area contributed by atoms with Gasteiger partial charge in [-0.25, -0.2) is 9.18 Å². The number of aromatic hydroxyl groups is 1. The molecule has 1 unspecified atom stereocenters. The Morgan fingerprint density at radius 2 is 1.54 bits per heavy atom. The number of phenols is 1. The van der Waals surface area contributed by atoms with Crippen LogP contribution in [0.15, 0.2) is 84.9 Å². The Labute approximate surface area is 240 Å². The molecule has 0 saturated heterocycles. The van der Waals surface area contributed by atoms with Crippen LogP contribution in [-0.4, -0.2) is 29.4 Å². The highest BCUT2D eigenvalue weighted by molar-refractivity contribution is 5.75. The predicted molar refractivity (Wildman–Crippen MR) is 156 cm³/mol. The van der Waals surface area contributed by atoms with Gasteiger partial charge >= 0.3 is 5.97 Å². The first-order valence-corrected chi connectivity index (χ1v) is 13.8. The van der Waals surface area contributed by atoms with E-state index in [2.05, 4.69) is 0 Å². The number of ether oxygens (including phenoxy) is 3. The summed E-state index contributed by atoms with van der Waals surface area (Å²) in [6.07, 6.45) is 1.66. The summed E-state index contributed by atoms with van der Waals surface area (Å²) in [7, 11) is 0. The second-order valence-electron chi connectivity index (χ2n) is 9.62. The van der Waals surface area contributed by atoms with Crippen LogP contribution in [0.1, 0.15) is 49.5 Å². The molecule has 0 radical (unpaired) electrons. The van der Waals surface area contributed by atoms with E-state index in [9.17, 15) is 19.4 Å². The molecule has 0 amide bonds. The lowest BCUT2D eigenvalue weighted by molar-refractivity contribution is -0.145. The van der Waals surface area contributed by atoms with Gasteiger partial charge in [0.2, 0.25) is 6.10 Å². The fourth-order valence-corrected chi connectivity index (χ4v) is 4.61. The molecule has 0 aliphatic rings. The van der Waals surface area contributed by atoms with E-state index in [1.807, 2.05) is 32.0 Å². The first-order chi connectivity index (χ1) is 19.9. The number of carbonyl (C=O) groups is 1. The average molecular weight is 559 g/mol. The number of aryl methyl sites for hydroxylation is 1.